The lowest BCUT2D eigenvalue weighted by molar-refractivity contribution is 0.362. The summed E-state index contributed by atoms with van der Waals surface area (Å²) in [6, 6.07) is 55.5. The van der Waals surface area contributed by atoms with E-state index in [1.165, 1.54) is 0 Å². The topological polar surface area (TPSA) is 171 Å². The summed E-state index contributed by atoms with van der Waals surface area (Å²) in [5.41, 5.74) is 0. The van der Waals surface area contributed by atoms with Gasteiger partial charge >= 0.3 is 36.1 Å². The Morgan fingerprint density at radius 1 is 0.200 bits per heavy atom. The maximum absolute atomic E-state index is 5.86. The summed E-state index contributed by atoms with van der Waals surface area (Å²) >= 11 is 17.0. The fourth-order valence-corrected chi connectivity index (χ4v) is 5.27. The molecule has 0 unspecified atom stereocenters. The Kier molecular flexibility index (Phi) is 36.0. The average Bonchev–Trinajstić information content (AvgIpc) is 3.46. The fourth-order valence-electron chi connectivity index (χ4n) is 4.78. The third kappa shape index (κ3) is 27.0. The molecule has 0 saturated carbocycles. The second-order valence-electron chi connectivity index (χ2n) is 12.0. The normalized spacial score (nSPS) is 9.00. The van der Waals surface area contributed by atoms with Crippen LogP contribution in [0.25, 0.3) is 0 Å². The SMILES string of the molecule is CC.CC.CC.CC.CC.CC.Clc1nc(Cl)nc(Oc2ccccc2)n1.Clc1nc(Oc2ccccc2)nc(Oc2ccccc2)n1.c1ccc(Oc2nc(Oc3ccccc3)nc(Oc3ccccc3)n2)cc1. The van der Waals surface area contributed by atoms with E-state index in [4.69, 9.17) is 63.2 Å². The van der Waals surface area contributed by atoms with Crippen LogP contribution in [0.3, 0.4) is 0 Å². The number of hydrogen-bond donors (Lipinski definition) is 0. The lowest BCUT2D eigenvalue weighted by Gasteiger charge is -2.09. The van der Waals surface area contributed by atoms with Crippen molar-refractivity contribution >= 4 is 34.8 Å². The predicted molar refractivity (Wildman–Crippen MR) is 302 cm³/mol. The summed E-state index contributed by atoms with van der Waals surface area (Å²) in [7, 11) is 0. The monoisotopic (exact) mass is 1080 g/mol. The van der Waals surface area contributed by atoms with Crippen LogP contribution in [-0.2, 0) is 0 Å². The zero-order chi connectivity index (χ0) is 55.5. The van der Waals surface area contributed by atoms with Gasteiger partial charge in [-0.25, -0.2) is 0 Å². The van der Waals surface area contributed by atoms with Crippen LogP contribution in [0.4, 0.5) is 0 Å². The molecule has 0 amide bonds. The Bertz CT molecular complexity index is 2560. The van der Waals surface area contributed by atoms with Crippen molar-refractivity contribution in [3.05, 3.63) is 198 Å². The standard InChI is InChI=1S/C21H15N3O3.C15H10ClN3O2.C9H5Cl2N3O.6C2H6/c1-4-10-16(11-5-1)25-19-22-20(26-17-12-6-2-7-13-17)24-21(23-19)27-18-14-8-3-9-15-18;16-13-17-14(20-11-7-3-1-4-8-11)19-15(18-13)21-12-9-5-2-6-10-12;10-7-12-8(11)14-9(13-7)15-6-4-2-1-3-5-6;6*1-2/h1-15H;1-10H;1-5H;6*1-2H3. The van der Waals surface area contributed by atoms with E-state index in [2.05, 4.69) is 44.9 Å². The molecule has 75 heavy (non-hydrogen) atoms. The Morgan fingerprint density at radius 2 is 0.333 bits per heavy atom. The molecule has 0 saturated heterocycles. The van der Waals surface area contributed by atoms with Crippen molar-refractivity contribution in [3.8, 4) is 70.6 Å². The number of rotatable bonds is 12. The van der Waals surface area contributed by atoms with Crippen molar-refractivity contribution in [1.82, 2.24) is 44.9 Å². The van der Waals surface area contributed by atoms with E-state index in [9.17, 15) is 0 Å². The first kappa shape index (κ1) is 65.0. The first-order chi connectivity index (χ1) is 36.9. The smallest absolute Gasteiger partial charge is 0.331 e. The second kappa shape index (κ2) is 41.5. The molecular weight excluding hydrogens is 1010 g/mol. The third-order valence-corrected chi connectivity index (χ3v) is 7.92. The van der Waals surface area contributed by atoms with Crippen molar-refractivity contribution in [3.63, 3.8) is 0 Å². The highest BCUT2D eigenvalue weighted by Crippen LogP contribution is 2.27. The van der Waals surface area contributed by atoms with Crippen molar-refractivity contribution in [2.75, 3.05) is 0 Å². The number of para-hydroxylation sites is 6. The molecule has 9 aromatic rings. The molecule has 0 fully saturated rings. The molecule has 0 spiro atoms. The molecule has 0 N–H and O–H groups in total. The third-order valence-electron chi connectivity index (χ3n) is 7.42. The lowest BCUT2D eigenvalue weighted by Crippen LogP contribution is -2.01. The van der Waals surface area contributed by atoms with Gasteiger partial charge in [-0.2, -0.15) is 24.9 Å². The van der Waals surface area contributed by atoms with Gasteiger partial charge < -0.3 is 28.4 Å². The van der Waals surface area contributed by atoms with Crippen LogP contribution >= 0.6 is 34.8 Å². The highest BCUT2D eigenvalue weighted by atomic mass is 35.5. The average molecular weight is 1080 g/mol. The first-order valence-corrected chi connectivity index (χ1v) is 25.6. The highest BCUT2D eigenvalue weighted by molar-refractivity contribution is 6.31. The van der Waals surface area contributed by atoms with Crippen molar-refractivity contribution < 1.29 is 28.4 Å². The molecule has 0 aliphatic carbocycles. The van der Waals surface area contributed by atoms with Gasteiger partial charge in [0.1, 0.15) is 34.5 Å². The molecule has 396 valence electrons. The fraction of sp³-hybridized carbons (Fsp3) is 0.211. The van der Waals surface area contributed by atoms with Gasteiger partial charge in [0.2, 0.25) is 15.9 Å². The molecule has 0 bridgehead atoms. The van der Waals surface area contributed by atoms with E-state index in [1.54, 1.807) is 72.8 Å². The van der Waals surface area contributed by atoms with Crippen molar-refractivity contribution in [2.45, 2.75) is 83.1 Å². The number of aromatic nitrogens is 9. The highest BCUT2D eigenvalue weighted by Gasteiger charge is 2.13. The van der Waals surface area contributed by atoms with E-state index in [1.807, 2.05) is 192 Å². The van der Waals surface area contributed by atoms with Gasteiger partial charge in [0, 0.05) is 0 Å². The molecule has 0 radical (unpaired) electrons. The summed E-state index contributed by atoms with van der Waals surface area (Å²) in [5, 5.41) is 0.00345. The van der Waals surface area contributed by atoms with E-state index >= 15 is 0 Å². The van der Waals surface area contributed by atoms with Crippen LogP contribution in [0.2, 0.25) is 15.9 Å². The van der Waals surface area contributed by atoms with Crippen LogP contribution in [0.15, 0.2) is 182 Å². The zero-order valence-electron chi connectivity index (χ0n) is 44.4. The van der Waals surface area contributed by atoms with Gasteiger partial charge in [-0.1, -0.05) is 192 Å². The molecule has 3 aromatic heterocycles. The summed E-state index contributed by atoms with van der Waals surface area (Å²) in [5.74, 6) is 3.60. The van der Waals surface area contributed by atoms with Gasteiger partial charge in [-0.05, 0) is 108 Å². The molecular formula is C57H66Cl3N9O6. The van der Waals surface area contributed by atoms with Crippen molar-refractivity contribution in [1.29, 1.82) is 0 Å². The van der Waals surface area contributed by atoms with Crippen LogP contribution in [0, 0.1) is 0 Å². The summed E-state index contributed by atoms with van der Waals surface area (Å²) in [6.07, 6.45) is 0. The van der Waals surface area contributed by atoms with Crippen LogP contribution in [0.5, 0.6) is 70.6 Å². The van der Waals surface area contributed by atoms with Gasteiger partial charge in [0.25, 0.3) is 0 Å². The molecule has 0 aliphatic heterocycles. The van der Waals surface area contributed by atoms with Gasteiger partial charge in [0.15, 0.2) is 0 Å². The predicted octanol–water partition coefficient (Wildman–Crippen LogP) is 18.5. The quantitative estimate of drug-likeness (QED) is 0.113. The molecule has 15 nitrogen and oxygen atoms in total. The van der Waals surface area contributed by atoms with Gasteiger partial charge in [-0.3, -0.25) is 0 Å². The van der Waals surface area contributed by atoms with E-state index in [-0.39, 0.29) is 51.9 Å². The van der Waals surface area contributed by atoms with Crippen molar-refractivity contribution in [2.24, 2.45) is 0 Å². The molecule has 0 aliphatic rings. The van der Waals surface area contributed by atoms with Crippen LogP contribution in [-0.4, -0.2) is 44.9 Å². The maximum atomic E-state index is 5.86. The minimum atomic E-state index is 0.000862. The molecule has 18 heteroatoms. The Morgan fingerprint density at radius 3 is 0.507 bits per heavy atom. The van der Waals surface area contributed by atoms with Gasteiger partial charge in [-0.15, -0.1) is 19.9 Å². The first-order valence-electron chi connectivity index (χ1n) is 24.5. The summed E-state index contributed by atoms with van der Waals surface area (Å²) in [6.45, 7) is 24.0. The number of ether oxygens (including phenoxy) is 6. The van der Waals surface area contributed by atoms with Crippen LogP contribution in [0.1, 0.15) is 83.1 Å². The van der Waals surface area contributed by atoms with E-state index in [0.717, 1.165) is 0 Å². The molecule has 3 heterocycles. The molecule has 9 rings (SSSR count). The lowest BCUT2D eigenvalue weighted by atomic mass is 10.3. The van der Waals surface area contributed by atoms with E-state index in [0.29, 0.717) is 34.5 Å². The van der Waals surface area contributed by atoms with E-state index < -0.39 is 0 Å². The second-order valence-corrected chi connectivity index (χ2v) is 13.0. The Labute approximate surface area is 457 Å². The minimum Gasteiger partial charge on any atom is -0.424 e. The van der Waals surface area contributed by atoms with Gasteiger partial charge in [0.05, 0.1) is 0 Å². The number of hydrogen-bond acceptors (Lipinski definition) is 15. The largest absolute Gasteiger partial charge is 0.424 e. The van der Waals surface area contributed by atoms with Crippen LogP contribution < -0.4 is 28.4 Å². The molecule has 0 atom stereocenters. The number of nitrogens with zero attached hydrogens (tertiary/aromatic N) is 9. The number of benzene rings is 6. The Hall–Kier alpha value is -7.98. The zero-order valence-corrected chi connectivity index (χ0v) is 46.7. The number of halogens is 3. The molecule has 6 aromatic carbocycles. The summed E-state index contributed by atoms with van der Waals surface area (Å²) in [4.78, 5) is 35.7. The Balaban J connectivity index is 0.000000525. The summed E-state index contributed by atoms with van der Waals surface area (Å²) < 4.78 is 33.5. The minimum absolute atomic E-state index is 0.000862. The maximum Gasteiger partial charge on any atom is 0.331 e.